The first-order valence-corrected chi connectivity index (χ1v) is 7.34. The first-order valence-electron chi connectivity index (χ1n) is 5.45. The molecule has 20 heavy (non-hydrogen) atoms. The van der Waals surface area contributed by atoms with Gasteiger partial charge in [-0.25, -0.2) is 4.39 Å². The van der Waals surface area contributed by atoms with Crippen LogP contribution >= 0.6 is 58.0 Å². The smallest absolute Gasteiger partial charge is 0.207 e. The van der Waals surface area contributed by atoms with E-state index < -0.39 is 13.9 Å². The van der Waals surface area contributed by atoms with Gasteiger partial charge in [0.25, 0.3) is 0 Å². The first-order chi connectivity index (χ1) is 9.23. The third-order valence-corrected chi connectivity index (χ3v) is 4.13. The van der Waals surface area contributed by atoms with E-state index in [1.165, 1.54) is 6.07 Å². The van der Waals surface area contributed by atoms with E-state index in [1.807, 2.05) is 6.07 Å². The lowest BCUT2D eigenvalue weighted by Crippen LogP contribution is -2.15. The molecular formula is C14H7Cl5F. The van der Waals surface area contributed by atoms with E-state index >= 15 is 0 Å². The van der Waals surface area contributed by atoms with Crippen LogP contribution in [-0.2, 0) is 8.13 Å². The molecule has 2 aromatic carbocycles. The molecule has 0 saturated heterocycles. The van der Waals surface area contributed by atoms with Gasteiger partial charge < -0.3 is 0 Å². The van der Waals surface area contributed by atoms with Crippen molar-refractivity contribution in [2.45, 2.75) is 8.13 Å². The molecule has 0 fully saturated rings. The van der Waals surface area contributed by atoms with E-state index in [2.05, 4.69) is 6.07 Å². The fraction of sp³-hybridized carbons (Fsp3) is 0.143. The van der Waals surface area contributed by atoms with Gasteiger partial charge in [0.15, 0.2) is 4.33 Å². The van der Waals surface area contributed by atoms with Crippen LogP contribution in [0.4, 0.5) is 4.39 Å². The second-order valence-electron chi connectivity index (χ2n) is 4.05. The summed E-state index contributed by atoms with van der Waals surface area (Å²) in [4.78, 5) is 0. The average Bonchev–Trinajstić information content (AvgIpc) is 2.38. The predicted molar refractivity (Wildman–Crippen MR) is 83.4 cm³/mol. The van der Waals surface area contributed by atoms with Gasteiger partial charge in [-0.2, -0.15) is 0 Å². The fourth-order valence-electron chi connectivity index (χ4n) is 1.67. The molecule has 0 aliphatic carbocycles. The van der Waals surface area contributed by atoms with Crippen LogP contribution in [0, 0.1) is 11.9 Å². The molecule has 105 valence electrons. The van der Waals surface area contributed by atoms with Crippen LogP contribution in [0.1, 0.15) is 16.7 Å². The third-order valence-electron chi connectivity index (χ3n) is 2.68. The van der Waals surface area contributed by atoms with Gasteiger partial charge in [0, 0.05) is 11.1 Å². The van der Waals surface area contributed by atoms with Gasteiger partial charge >= 0.3 is 0 Å². The molecule has 0 amide bonds. The highest BCUT2D eigenvalue weighted by atomic mass is 35.6. The molecule has 0 aliphatic heterocycles. The second-order valence-corrected chi connectivity index (χ2v) is 7.66. The normalized spacial score (nSPS) is 12.5. The number of benzene rings is 2. The molecule has 0 aromatic heterocycles. The van der Waals surface area contributed by atoms with Gasteiger partial charge in [0.2, 0.25) is 3.79 Å². The van der Waals surface area contributed by atoms with Crippen molar-refractivity contribution in [1.82, 2.24) is 0 Å². The summed E-state index contributed by atoms with van der Waals surface area (Å²) < 4.78 is 10.9. The van der Waals surface area contributed by atoms with E-state index in [1.54, 1.807) is 24.3 Å². The number of halogens is 6. The van der Waals surface area contributed by atoms with E-state index in [0.29, 0.717) is 5.56 Å². The summed E-state index contributed by atoms with van der Waals surface area (Å²) >= 11 is 29.6. The van der Waals surface area contributed by atoms with Crippen molar-refractivity contribution in [3.05, 3.63) is 71.0 Å². The number of hydrogen-bond acceptors (Lipinski definition) is 0. The summed E-state index contributed by atoms with van der Waals surface area (Å²) in [5.41, 5.74) is 0.670. The molecule has 0 unspecified atom stereocenters. The standard InChI is InChI=1S/C14H7Cl5F/c15-13(16,9-4-2-1-3-5-9)11-7-6-10(8-12(11)20)14(17,18)19/h1-5,7-8H. The Balaban J connectivity index is 2.48. The van der Waals surface area contributed by atoms with Crippen molar-refractivity contribution in [3.63, 3.8) is 0 Å². The van der Waals surface area contributed by atoms with Crippen LogP contribution in [0.2, 0.25) is 0 Å². The van der Waals surface area contributed by atoms with Crippen molar-refractivity contribution in [2.75, 3.05) is 0 Å². The largest absolute Gasteiger partial charge is 0.216 e. The zero-order valence-corrected chi connectivity index (χ0v) is 13.6. The fourth-order valence-corrected chi connectivity index (χ4v) is 2.54. The van der Waals surface area contributed by atoms with Crippen molar-refractivity contribution in [1.29, 1.82) is 0 Å². The molecule has 0 atom stereocenters. The number of alkyl halides is 5. The Labute approximate surface area is 141 Å². The Hall–Kier alpha value is -0.180. The maximum atomic E-state index is 14.2. The molecule has 0 nitrogen and oxygen atoms in total. The summed E-state index contributed by atoms with van der Waals surface area (Å²) in [6, 6.07) is 13.8. The topological polar surface area (TPSA) is 0 Å². The summed E-state index contributed by atoms with van der Waals surface area (Å²) in [7, 11) is 0. The third kappa shape index (κ3) is 3.35. The highest BCUT2D eigenvalue weighted by Gasteiger charge is 2.33. The zero-order valence-electron chi connectivity index (χ0n) is 9.81. The Morgan fingerprint density at radius 2 is 1.55 bits per heavy atom. The minimum absolute atomic E-state index is 0.0463. The van der Waals surface area contributed by atoms with Crippen LogP contribution in [0.5, 0.6) is 0 Å². The van der Waals surface area contributed by atoms with Crippen molar-refractivity contribution >= 4 is 58.0 Å². The maximum absolute atomic E-state index is 14.2. The van der Waals surface area contributed by atoms with Crippen LogP contribution < -0.4 is 0 Å². The Bertz CT molecular complexity index is 605. The maximum Gasteiger partial charge on any atom is 0.216 e. The molecule has 6 heteroatoms. The molecule has 0 aliphatic rings. The lowest BCUT2D eigenvalue weighted by molar-refractivity contribution is 0.605. The average molecular weight is 371 g/mol. The van der Waals surface area contributed by atoms with E-state index in [9.17, 15) is 4.39 Å². The Morgan fingerprint density at radius 1 is 0.950 bits per heavy atom. The minimum Gasteiger partial charge on any atom is -0.207 e. The van der Waals surface area contributed by atoms with E-state index in [-0.39, 0.29) is 11.1 Å². The first kappa shape index (κ1) is 16.2. The van der Waals surface area contributed by atoms with E-state index in [4.69, 9.17) is 58.0 Å². The molecule has 0 bridgehead atoms. The van der Waals surface area contributed by atoms with Gasteiger partial charge in [-0.3, -0.25) is 0 Å². The quantitative estimate of drug-likeness (QED) is 0.557. The van der Waals surface area contributed by atoms with Gasteiger partial charge in [-0.1, -0.05) is 88.3 Å². The summed E-state index contributed by atoms with van der Waals surface area (Å²) in [6.45, 7) is 0. The highest BCUT2D eigenvalue weighted by molar-refractivity contribution is 6.66. The SMILES string of the molecule is Fc1cc(C(Cl)(Cl)Cl)[c]cc1C(Cl)(Cl)c1ccccc1. The molecule has 0 saturated carbocycles. The van der Waals surface area contributed by atoms with Crippen molar-refractivity contribution < 1.29 is 4.39 Å². The van der Waals surface area contributed by atoms with Gasteiger partial charge in [0.1, 0.15) is 5.82 Å². The monoisotopic (exact) mass is 369 g/mol. The van der Waals surface area contributed by atoms with Crippen molar-refractivity contribution in [3.8, 4) is 0 Å². The van der Waals surface area contributed by atoms with E-state index in [0.717, 1.165) is 6.07 Å². The molecule has 0 heterocycles. The molecule has 2 aromatic rings. The van der Waals surface area contributed by atoms with Crippen LogP contribution in [-0.4, -0.2) is 0 Å². The summed E-state index contributed by atoms with van der Waals surface area (Å²) in [5, 5.41) is 0. The second kappa shape index (κ2) is 5.90. The van der Waals surface area contributed by atoms with Crippen LogP contribution in [0.15, 0.2) is 42.5 Å². The lowest BCUT2D eigenvalue weighted by Gasteiger charge is -2.22. The number of hydrogen-bond donors (Lipinski definition) is 0. The summed E-state index contributed by atoms with van der Waals surface area (Å²) in [6.07, 6.45) is 0. The molecule has 0 spiro atoms. The highest BCUT2D eigenvalue weighted by Crippen LogP contribution is 2.44. The van der Waals surface area contributed by atoms with Gasteiger partial charge in [0.05, 0.1) is 0 Å². The van der Waals surface area contributed by atoms with Gasteiger partial charge in [-0.15, -0.1) is 0 Å². The van der Waals surface area contributed by atoms with Crippen LogP contribution in [0.25, 0.3) is 0 Å². The lowest BCUT2D eigenvalue weighted by atomic mass is 10.0. The molecule has 2 rings (SSSR count). The predicted octanol–water partition coefficient (Wildman–Crippen LogP) is 6.13. The van der Waals surface area contributed by atoms with Crippen LogP contribution in [0.3, 0.4) is 0 Å². The van der Waals surface area contributed by atoms with Gasteiger partial charge in [-0.05, 0) is 23.8 Å². The number of rotatable bonds is 2. The minimum atomic E-state index is -1.76. The summed E-state index contributed by atoms with van der Waals surface area (Å²) in [5.74, 6) is -0.668. The zero-order chi connectivity index (χ0) is 15.0. The molecule has 1 radical (unpaired) electrons. The Kier molecular flexibility index (Phi) is 4.78. The Morgan fingerprint density at radius 3 is 2.05 bits per heavy atom. The van der Waals surface area contributed by atoms with Crippen molar-refractivity contribution in [2.24, 2.45) is 0 Å². The molecular weight excluding hydrogens is 364 g/mol. The molecule has 0 N–H and O–H groups in total.